The molecule has 0 fully saturated rings. The molecule has 2 heterocycles. The molecule has 0 aliphatic carbocycles. The van der Waals surface area contributed by atoms with Crippen LogP contribution in [0.15, 0.2) is 24.3 Å². The SMILES string of the molecule is Cc1ccc(-c2cc(O)c3c(c2)CN(CC(F)F)CCO3)s1. The second kappa shape index (κ2) is 6.22. The Kier molecular flexibility index (Phi) is 4.31. The molecule has 0 atom stereocenters. The smallest absolute Gasteiger partial charge is 0.251 e. The summed E-state index contributed by atoms with van der Waals surface area (Å²) < 4.78 is 30.8. The third-order valence-corrected chi connectivity index (χ3v) is 4.66. The van der Waals surface area contributed by atoms with Gasteiger partial charge in [0.05, 0.1) is 6.54 Å². The highest BCUT2D eigenvalue weighted by atomic mass is 32.1. The molecule has 0 unspecified atom stereocenters. The zero-order valence-electron chi connectivity index (χ0n) is 12.2. The Balaban J connectivity index is 1.95. The first-order chi connectivity index (χ1) is 10.5. The molecule has 0 bridgehead atoms. The van der Waals surface area contributed by atoms with E-state index in [1.807, 2.05) is 25.1 Å². The van der Waals surface area contributed by atoms with E-state index in [0.29, 0.717) is 25.4 Å². The molecule has 1 aromatic carbocycles. The second-order valence-corrected chi connectivity index (χ2v) is 6.66. The van der Waals surface area contributed by atoms with E-state index in [1.165, 1.54) is 4.88 Å². The molecule has 22 heavy (non-hydrogen) atoms. The van der Waals surface area contributed by atoms with Crippen LogP contribution in [0.3, 0.4) is 0 Å². The van der Waals surface area contributed by atoms with E-state index in [4.69, 9.17) is 4.74 Å². The fourth-order valence-corrected chi connectivity index (χ4v) is 3.49. The highest BCUT2D eigenvalue weighted by Crippen LogP contribution is 2.39. The number of rotatable bonds is 3. The molecule has 6 heteroatoms. The van der Waals surface area contributed by atoms with Gasteiger partial charge < -0.3 is 9.84 Å². The van der Waals surface area contributed by atoms with Crippen LogP contribution in [0.5, 0.6) is 11.5 Å². The third-order valence-electron chi connectivity index (χ3n) is 3.62. The van der Waals surface area contributed by atoms with Crippen LogP contribution in [-0.2, 0) is 6.54 Å². The van der Waals surface area contributed by atoms with Gasteiger partial charge in [-0.25, -0.2) is 8.78 Å². The van der Waals surface area contributed by atoms with Crippen molar-refractivity contribution >= 4 is 11.3 Å². The fourth-order valence-electron chi connectivity index (χ4n) is 2.64. The lowest BCUT2D eigenvalue weighted by molar-refractivity contribution is 0.0817. The molecule has 3 nitrogen and oxygen atoms in total. The maximum Gasteiger partial charge on any atom is 0.251 e. The van der Waals surface area contributed by atoms with Gasteiger partial charge in [-0.05, 0) is 36.8 Å². The van der Waals surface area contributed by atoms with Crippen molar-refractivity contribution in [3.63, 3.8) is 0 Å². The van der Waals surface area contributed by atoms with Crippen LogP contribution in [0.25, 0.3) is 10.4 Å². The first-order valence-electron chi connectivity index (χ1n) is 7.09. The molecule has 1 aromatic heterocycles. The first-order valence-corrected chi connectivity index (χ1v) is 7.90. The summed E-state index contributed by atoms with van der Waals surface area (Å²) in [5.41, 5.74) is 1.64. The quantitative estimate of drug-likeness (QED) is 0.929. The van der Waals surface area contributed by atoms with Gasteiger partial charge in [-0.2, -0.15) is 0 Å². The minimum atomic E-state index is -2.38. The number of benzene rings is 1. The predicted molar refractivity (Wildman–Crippen MR) is 82.9 cm³/mol. The maximum atomic E-state index is 12.6. The number of fused-ring (bicyclic) bond motifs is 1. The Morgan fingerprint density at radius 3 is 2.86 bits per heavy atom. The lowest BCUT2D eigenvalue weighted by atomic mass is 10.1. The zero-order valence-corrected chi connectivity index (χ0v) is 13.0. The van der Waals surface area contributed by atoms with Crippen LogP contribution in [0, 0.1) is 6.92 Å². The van der Waals surface area contributed by atoms with Gasteiger partial charge in [0, 0.05) is 28.4 Å². The zero-order chi connectivity index (χ0) is 15.7. The molecule has 2 aromatic rings. The lowest BCUT2D eigenvalue weighted by Crippen LogP contribution is -2.30. The number of nitrogens with zero attached hydrogens (tertiary/aromatic N) is 1. The Bertz CT molecular complexity index is 672. The normalized spacial score (nSPS) is 15.5. The number of ether oxygens (including phenoxy) is 1. The summed E-state index contributed by atoms with van der Waals surface area (Å²) in [5.74, 6) is 0.478. The molecule has 1 aliphatic heterocycles. The van der Waals surface area contributed by atoms with Crippen LogP contribution in [0.1, 0.15) is 10.4 Å². The van der Waals surface area contributed by atoms with E-state index in [0.717, 1.165) is 16.0 Å². The van der Waals surface area contributed by atoms with Crippen molar-refractivity contribution < 1.29 is 18.6 Å². The van der Waals surface area contributed by atoms with Gasteiger partial charge in [0.15, 0.2) is 11.5 Å². The highest BCUT2D eigenvalue weighted by molar-refractivity contribution is 7.15. The first kappa shape index (κ1) is 15.2. The molecule has 3 rings (SSSR count). The van der Waals surface area contributed by atoms with Crippen LogP contribution >= 0.6 is 11.3 Å². The Morgan fingerprint density at radius 2 is 2.18 bits per heavy atom. The van der Waals surface area contributed by atoms with Crippen LogP contribution < -0.4 is 4.74 Å². The highest BCUT2D eigenvalue weighted by Gasteiger charge is 2.21. The van der Waals surface area contributed by atoms with Crippen molar-refractivity contribution in [2.24, 2.45) is 0 Å². The van der Waals surface area contributed by atoms with Crippen LogP contribution in [-0.4, -0.2) is 36.1 Å². The average molecular weight is 325 g/mol. The van der Waals surface area contributed by atoms with Crippen LogP contribution in [0.2, 0.25) is 0 Å². The molecule has 0 spiro atoms. The van der Waals surface area contributed by atoms with Gasteiger partial charge in [0.2, 0.25) is 0 Å². The van der Waals surface area contributed by atoms with Gasteiger partial charge in [-0.15, -0.1) is 11.3 Å². The molecule has 0 radical (unpaired) electrons. The summed E-state index contributed by atoms with van der Waals surface area (Å²) >= 11 is 1.63. The minimum Gasteiger partial charge on any atom is -0.504 e. The van der Waals surface area contributed by atoms with Crippen molar-refractivity contribution in [3.05, 3.63) is 34.7 Å². The number of phenolic OH excluding ortho intramolecular Hbond substituents is 1. The number of phenols is 1. The number of hydrogen-bond acceptors (Lipinski definition) is 4. The van der Waals surface area contributed by atoms with Crippen molar-refractivity contribution in [1.29, 1.82) is 0 Å². The van der Waals surface area contributed by atoms with Gasteiger partial charge in [-0.1, -0.05) is 0 Å². The summed E-state index contributed by atoms with van der Waals surface area (Å²) in [6.07, 6.45) is -2.38. The summed E-state index contributed by atoms with van der Waals surface area (Å²) in [7, 11) is 0. The van der Waals surface area contributed by atoms with Crippen molar-refractivity contribution in [2.75, 3.05) is 19.7 Å². The van der Waals surface area contributed by atoms with Crippen molar-refractivity contribution in [1.82, 2.24) is 4.90 Å². The average Bonchev–Trinajstić information content (AvgIpc) is 2.76. The molecule has 0 amide bonds. The number of halogens is 2. The van der Waals surface area contributed by atoms with E-state index < -0.39 is 6.43 Å². The number of alkyl halides is 2. The summed E-state index contributed by atoms with van der Waals surface area (Å²) in [5, 5.41) is 10.2. The third kappa shape index (κ3) is 3.23. The van der Waals surface area contributed by atoms with Crippen molar-refractivity contribution in [3.8, 4) is 21.9 Å². The molecule has 118 valence electrons. The van der Waals surface area contributed by atoms with E-state index in [1.54, 1.807) is 22.3 Å². The summed E-state index contributed by atoms with van der Waals surface area (Å²) in [6.45, 7) is 2.80. The Labute approximate surface area is 131 Å². The van der Waals surface area contributed by atoms with Gasteiger partial charge in [0.1, 0.15) is 6.61 Å². The second-order valence-electron chi connectivity index (χ2n) is 5.37. The van der Waals surface area contributed by atoms with Gasteiger partial charge in [0.25, 0.3) is 6.43 Å². The van der Waals surface area contributed by atoms with Gasteiger partial charge >= 0.3 is 0 Å². The molecular formula is C16H17F2NO2S. The molecule has 1 N–H and O–H groups in total. The number of thiophene rings is 1. The largest absolute Gasteiger partial charge is 0.504 e. The fraction of sp³-hybridized carbons (Fsp3) is 0.375. The summed E-state index contributed by atoms with van der Waals surface area (Å²) in [4.78, 5) is 3.87. The minimum absolute atomic E-state index is 0.0671. The number of hydrogen-bond donors (Lipinski definition) is 1. The van der Waals surface area contributed by atoms with Crippen molar-refractivity contribution in [2.45, 2.75) is 19.9 Å². The predicted octanol–water partition coefficient (Wildman–Crippen LogP) is 3.89. The van der Waals surface area contributed by atoms with E-state index >= 15 is 0 Å². The Hall–Kier alpha value is -1.66. The Morgan fingerprint density at radius 1 is 1.36 bits per heavy atom. The molecule has 0 saturated carbocycles. The topological polar surface area (TPSA) is 32.7 Å². The molecular weight excluding hydrogens is 308 g/mol. The van der Waals surface area contributed by atoms with Crippen LogP contribution in [0.4, 0.5) is 8.78 Å². The molecule has 0 saturated heterocycles. The monoisotopic (exact) mass is 325 g/mol. The maximum absolute atomic E-state index is 12.6. The standard InChI is InChI=1S/C16H17F2NO2S/c1-10-2-3-14(22-10)11-6-12-8-19(9-15(17)18)4-5-21-16(12)13(20)7-11/h2-3,6-7,15,20H,4-5,8-9H2,1H3. The van der Waals surface area contributed by atoms with Gasteiger partial charge in [-0.3, -0.25) is 4.90 Å². The lowest BCUT2D eigenvalue weighted by Gasteiger charge is -2.18. The number of aryl methyl sites for hydroxylation is 1. The van der Waals surface area contributed by atoms with E-state index in [2.05, 4.69) is 0 Å². The molecule has 1 aliphatic rings. The number of aromatic hydroxyl groups is 1. The summed E-state index contributed by atoms with van der Waals surface area (Å²) in [6, 6.07) is 7.61. The van der Waals surface area contributed by atoms with E-state index in [9.17, 15) is 13.9 Å². The van der Waals surface area contributed by atoms with E-state index in [-0.39, 0.29) is 12.3 Å².